The summed E-state index contributed by atoms with van der Waals surface area (Å²) in [5.41, 5.74) is 1.77. The normalized spacial score (nSPS) is 15.8. The molecule has 1 aliphatic heterocycles. The van der Waals surface area contributed by atoms with Crippen LogP contribution in [0.1, 0.15) is 19.3 Å². The average molecular weight is 283 g/mol. The Bertz CT molecular complexity index is 534. The molecular weight excluding hydrogens is 262 g/mol. The van der Waals surface area contributed by atoms with Crippen LogP contribution in [-0.4, -0.2) is 46.0 Å². The summed E-state index contributed by atoms with van der Waals surface area (Å²) in [6.45, 7) is 4.49. The highest BCUT2D eigenvalue weighted by Crippen LogP contribution is 2.12. The topological polar surface area (TPSA) is 53.9 Å². The number of pyridine rings is 1. The molecule has 2 aromatic heterocycles. The van der Waals surface area contributed by atoms with Gasteiger partial charge in [-0.25, -0.2) is 9.97 Å². The van der Waals surface area contributed by atoms with E-state index in [1.54, 1.807) is 6.20 Å². The summed E-state index contributed by atoms with van der Waals surface area (Å²) in [4.78, 5) is 15.5. The molecule has 0 amide bonds. The zero-order valence-electron chi connectivity index (χ0n) is 12.2. The minimum absolute atomic E-state index is 0.664. The van der Waals surface area contributed by atoms with Crippen molar-refractivity contribution >= 4 is 5.69 Å². The summed E-state index contributed by atoms with van der Waals surface area (Å²) in [5, 5.41) is 3.38. The van der Waals surface area contributed by atoms with Gasteiger partial charge in [0, 0.05) is 19.3 Å². The lowest BCUT2D eigenvalue weighted by molar-refractivity contribution is 0.237. The van der Waals surface area contributed by atoms with Crippen molar-refractivity contribution in [3.63, 3.8) is 0 Å². The van der Waals surface area contributed by atoms with Gasteiger partial charge in [-0.2, -0.15) is 0 Å². The zero-order valence-corrected chi connectivity index (χ0v) is 12.2. The van der Waals surface area contributed by atoms with E-state index in [0.717, 1.165) is 24.5 Å². The van der Waals surface area contributed by atoms with E-state index in [9.17, 15) is 0 Å². The van der Waals surface area contributed by atoms with Crippen molar-refractivity contribution < 1.29 is 0 Å². The van der Waals surface area contributed by atoms with Crippen molar-refractivity contribution in [2.24, 2.45) is 0 Å². The van der Waals surface area contributed by atoms with Crippen molar-refractivity contribution in [1.29, 1.82) is 0 Å². The number of hydrogen-bond acceptors (Lipinski definition) is 5. The van der Waals surface area contributed by atoms with Crippen LogP contribution in [0.4, 0.5) is 5.69 Å². The van der Waals surface area contributed by atoms with Crippen LogP contribution in [0.15, 0.2) is 36.8 Å². The van der Waals surface area contributed by atoms with Gasteiger partial charge in [0.05, 0.1) is 18.1 Å². The molecule has 1 saturated heterocycles. The second-order valence-electron chi connectivity index (χ2n) is 5.34. The van der Waals surface area contributed by atoms with Crippen molar-refractivity contribution in [2.75, 3.05) is 31.5 Å². The molecule has 0 aromatic carbocycles. The number of nitrogens with zero attached hydrogens (tertiary/aromatic N) is 4. The fourth-order valence-electron chi connectivity index (χ4n) is 2.59. The number of aromatic nitrogens is 3. The number of rotatable bonds is 5. The van der Waals surface area contributed by atoms with Gasteiger partial charge in [-0.05, 0) is 38.1 Å². The third-order valence-electron chi connectivity index (χ3n) is 3.75. The van der Waals surface area contributed by atoms with E-state index in [2.05, 4.69) is 25.2 Å². The lowest BCUT2D eigenvalue weighted by Gasteiger charge is -2.26. The van der Waals surface area contributed by atoms with Crippen molar-refractivity contribution in [2.45, 2.75) is 19.3 Å². The van der Waals surface area contributed by atoms with Crippen LogP contribution in [0.2, 0.25) is 0 Å². The first kappa shape index (κ1) is 13.9. The Hall–Kier alpha value is -2.01. The SMILES string of the molecule is c1ccc(-c2ncc(NCCN3CCCCC3)cn2)nc1. The molecule has 1 N–H and O–H groups in total. The monoisotopic (exact) mass is 283 g/mol. The van der Waals surface area contributed by atoms with Crippen LogP contribution >= 0.6 is 0 Å². The molecule has 0 saturated carbocycles. The van der Waals surface area contributed by atoms with Crippen LogP contribution in [-0.2, 0) is 0 Å². The van der Waals surface area contributed by atoms with Crippen molar-refractivity contribution in [3.05, 3.63) is 36.8 Å². The van der Waals surface area contributed by atoms with Gasteiger partial charge in [-0.1, -0.05) is 12.5 Å². The highest BCUT2D eigenvalue weighted by Gasteiger charge is 2.09. The van der Waals surface area contributed by atoms with Crippen LogP contribution < -0.4 is 5.32 Å². The van der Waals surface area contributed by atoms with E-state index < -0.39 is 0 Å². The van der Waals surface area contributed by atoms with E-state index in [-0.39, 0.29) is 0 Å². The molecule has 0 atom stereocenters. The van der Waals surface area contributed by atoms with E-state index in [4.69, 9.17) is 0 Å². The summed E-state index contributed by atoms with van der Waals surface area (Å²) in [6, 6.07) is 5.75. The van der Waals surface area contributed by atoms with Gasteiger partial charge in [-0.3, -0.25) is 4.98 Å². The Kier molecular flexibility index (Phi) is 4.74. The largest absolute Gasteiger partial charge is 0.381 e. The number of hydrogen-bond donors (Lipinski definition) is 1. The van der Waals surface area contributed by atoms with Crippen LogP contribution in [0.5, 0.6) is 0 Å². The minimum atomic E-state index is 0.664. The first-order valence-electron chi connectivity index (χ1n) is 7.61. The smallest absolute Gasteiger partial charge is 0.178 e. The van der Waals surface area contributed by atoms with Crippen molar-refractivity contribution in [1.82, 2.24) is 19.9 Å². The average Bonchev–Trinajstić information content (AvgIpc) is 2.57. The molecule has 0 unspecified atom stereocenters. The predicted octanol–water partition coefficient (Wildman–Crippen LogP) is 2.44. The molecule has 5 heteroatoms. The van der Waals surface area contributed by atoms with E-state index in [1.165, 1.54) is 32.4 Å². The summed E-state index contributed by atoms with van der Waals surface area (Å²) in [6.07, 6.45) is 9.46. The first-order chi connectivity index (χ1) is 10.4. The quantitative estimate of drug-likeness (QED) is 0.913. The molecule has 2 aromatic rings. The van der Waals surface area contributed by atoms with Gasteiger partial charge in [0.15, 0.2) is 5.82 Å². The van der Waals surface area contributed by atoms with Crippen molar-refractivity contribution in [3.8, 4) is 11.5 Å². The molecule has 21 heavy (non-hydrogen) atoms. The molecular formula is C16H21N5. The molecule has 0 radical (unpaired) electrons. The summed E-state index contributed by atoms with van der Waals surface area (Å²) < 4.78 is 0. The molecule has 3 rings (SSSR count). The Morgan fingerprint density at radius 3 is 2.52 bits per heavy atom. The zero-order chi connectivity index (χ0) is 14.3. The number of piperidine rings is 1. The molecule has 1 fully saturated rings. The second-order valence-corrected chi connectivity index (χ2v) is 5.34. The van der Waals surface area contributed by atoms with E-state index in [0.29, 0.717) is 5.82 Å². The van der Waals surface area contributed by atoms with Gasteiger partial charge in [-0.15, -0.1) is 0 Å². The highest BCUT2D eigenvalue weighted by molar-refractivity contribution is 5.50. The summed E-state index contributed by atoms with van der Waals surface area (Å²) in [7, 11) is 0. The third-order valence-corrected chi connectivity index (χ3v) is 3.75. The maximum absolute atomic E-state index is 4.36. The Balaban J connectivity index is 1.50. The maximum Gasteiger partial charge on any atom is 0.178 e. The maximum atomic E-state index is 4.36. The van der Waals surface area contributed by atoms with Gasteiger partial charge in [0.1, 0.15) is 5.69 Å². The Morgan fingerprint density at radius 2 is 1.81 bits per heavy atom. The molecule has 0 bridgehead atoms. The van der Waals surface area contributed by atoms with E-state index in [1.807, 2.05) is 30.6 Å². The van der Waals surface area contributed by atoms with E-state index >= 15 is 0 Å². The number of likely N-dealkylation sites (tertiary alicyclic amines) is 1. The third kappa shape index (κ3) is 3.98. The van der Waals surface area contributed by atoms with Gasteiger partial charge in [0.25, 0.3) is 0 Å². The Labute approximate surface area is 125 Å². The summed E-state index contributed by atoms with van der Waals surface area (Å²) in [5.74, 6) is 0.664. The standard InChI is InChI=1S/C16H21N5/c1-4-9-21(10-5-1)11-8-17-14-12-19-16(20-13-14)15-6-2-3-7-18-15/h2-3,6-7,12-13,17H,1,4-5,8-11H2. The van der Waals surface area contributed by atoms with Crippen LogP contribution in [0, 0.1) is 0 Å². The van der Waals surface area contributed by atoms with Crippen LogP contribution in [0.3, 0.4) is 0 Å². The van der Waals surface area contributed by atoms with Gasteiger partial charge in [0.2, 0.25) is 0 Å². The lowest BCUT2D eigenvalue weighted by atomic mass is 10.1. The molecule has 110 valence electrons. The van der Waals surface area contributed by atoms with Crippen LogP contribution in [0.25, 0.3) is 11.5 Å². The molecule has 3 heterocycles. The van der Waals surface area contributed by atoms with Gasteiger partial charge < -0.3 is 10.2 Å². The fourth-order valence-corrected chi connectivity index (χ4v) is 2.59. The fraction of sp³-hybridized carbons (Fsp3) is 0.438. The second kappa shape index (κ2) is 7.13. The van der Waals surface area contributed by atoms with Gasteiger partial charge >= 0.3 is 0 Å². The minimum Gasteiger partial charge on any atom is -0.381 e. The number of nitrogens with one attached hydrogen (secondary N) is 1. The lowest BCUT2D eigenvalue weighted by Crippen LogP contribution is -2.33. The predicted molar refractivity (Wildman–Crippen MR) is 84.0 cm³/mol. The Morgan fingerprint density at radius 1 is 1.00 bits per heavy atom. The molecule has 0 spiro atoms. The first-order valence-corrected chi connectivity index (χ1v) is 7.61. The highest BCUT2D eigenvalue weighted by atomic mass is 15.1. The molecule has 0 aliphatic carbocycles. The molecule has 5 nitrogen and oxygen atoms in total. The number of anilines is 1. The molecule has 1 aliphatic rings. The summed E-state index contributed by atoms with van der Waals surface area (Å²) >= 11 is 0.